The quantitative estimate of drug-likeness (QED) is 0.650. The minimum absolute atomic E-state index is 0.00690. The fourth-order valence-electron chi connectivity index (χ4n) is 3.95. The van der Waals surface area contributed by atoms with Gasteiger partial charge in [-0.3, -0.25) is 4.98 Å². The van der Waals surface area contributed by atoms with Crippen molar-refractivity contribution in [3.05, 3.63) is 72.2 Å². The van der Waals surface area contributed by atoms with Crippen LogP contribution in [-0.2, 0) is 5.41 Å². The Morgan fingerprint density at radius 3 is 2.40 bits per heavy atom. The lowest BCUT2D eigenvalue weighted by atomic mass is 9.82. The van der Waals surface area contributed by atoms with Crippen LogP contribution in [0.4, 0.5) is 11.5 Å². The zero-order valence-corrected chi connectivity index (χ0v) is 15.2. The summed E-state index contributed by atoms with van der Waals surface area (Å²) in [5.41, 5.74) is 6.64. The number of fused-ring (bicyclic) bond motifs is 3. The third-order valence-electron chi connectivity index (χ3n) is 5.16. The number of hydrogen-bond donors (Lipinski definition) is 0. The fraction of sp³-hybridized carbons (Fsp3) is 0.273. The maximum atomic E-state index is 4.51. The van der Waals surface area contributed by atoms with Gasteiger partial charge in [0.15, 0.2) is 5.82 Å². The highest BCUT2D eigenvalue weighted by atomic mass is 15.2. The van der Waals surface area contributed by atoms with Crippen molar-refractivity contribution in [1.29, 1.82) is 0 Å². The van der Waals surface area contributed by atoms with Crippen LogP contribution in [0, 0.1) is 0 Å². The number of anilines is 2. The number of rotatable bonds is 3. The molecule has 25 heavy (non-hydrogen) atoms. The van der Waals surface area contributed by atoms with Crippen molar-refractivity contribution in [2.75, 3.05) is 4.90 Å². The topological polar surface area (TPSA) is 29.0 Å². The normalized spacial score (nSPS) is 14.3. The number of nitrogens with zero attached hydrogens (tertiary/aromatic N) is 3. The third kappa shape index (κ3) is 2.42. The Hall–Kier alpha value is -2.68. The molecule has 126 valence electrons. The molecule has 0 unspecified atom stereocenters. The van der Waals surface area contributed by atoms with Crippen molar-refractivity contribution >= 4 is 11.5 Å². The van der Waals surface area contributed by atoms with Gasteiger partial charge < -0.3 is 4.90 Å². The summed E-state index contributed by atoms with van der Waals surface area (Å²) in [6, 6.07) is 15.8. The van der Waals surface area contributed by atoms with E-state index in [1.807, 2.05) is 6.20 Å². The first-order valence-electron chi connectivity index (χ1n) is 8.80. The predicted octanol–water partition coefficient (Wildman–Crippen LogP) is 5.33. The molecule has 0 aliphatic heterocycles. The van der Waals surface area contributed by atoms with Gasteiger partial charge in [0, 0.05) is 29.5 Å². The van der Waals surface area contributed by atoms with E-state index in [9.17, 15) is 0 Å². The number of aromatic nitrogens is 2. The van der Waals surface area contributed by atoms with Gasteiger partial charge in [0.05, 0.1) is 6.20 Å². The first-order valence-corrected chi connectivity index (χ1v) is 8.80. The van der Waals surface area contributed by atoms with E-state index >= 15 is 0 Å². The van der Waals surface area contributed by atoms with Gasteiger partial charge in [-0.1, -0.05) is 44.2 Å². The molecule has 3 heteroatoms. The Kier molecular flexibility index (Phi) is 3.60. The number of benzene rings is 2. The maximum absolute atomic E-state index is 4.51. The molecule has 4 rings (SSSR count). The molecule has 3 aromatic rings. The van der Waals surface area contributed by atoms with E-state index in [2.05, 4.69) is 85.0 Å². The van der Waals surface area contributed by atoms with Crippen LogP contribution in [0.5, 0.6) is 0 Å². The first kappa shape index (κ1) is 15.8. The Morgan fingerprint density at radius 1 is 0.920 bits per heavy atom. The van der Waals surface area contributed by atoms with Crippen molar-refractivity contribution in [2.45, 2.75) is 39.2 Å². The standard InChI is InChI=1S/C22H23N3/c1-15(2)25(21-14-23-11-12-24-21)16-9-10-18-17-7-5-6-8-19(17)22(3,4)20(18)13-16/h5-15H,1-4H3. The van der Waals surface area contributed by atoms with Crippen molar-refractivity contribution < 1.29 is 0 Å². The molecule has 1 aliphatic carbocycles. The van der Waals surface area contributed by atoms with Gasteiger partial charge in [-0.05, 0) is 48.2 Å². The molecule has 0 saturated carbocycles. The minimum atomic E-state index is 0.00690. The Bertz CT molecular complexity index is 914. The molecule has 1 aliphatic rings. The van der Waals surface area contributed by atoms with Crippen LogP contribution in [0.2, 0.25) is 0 Å². The van der Waals surface area contributed by atoms with E-state index in [-0.39, 0.29) is 5.41 Å². The smallest absolute Gasteiger partial charge is 0.151 e. The largest absolute Gasteiger partial charge is 0.323 e. The second-order valence-electron chi connectivity index (χ2n) is 7.43. The Morgan fingerprint density at radius 2 is 1.68 bits per heavy atom. The van der Waals surface area contributed by atoms with E-state index < -0.39 is 0 Å². The summed E-state index contributed by atoms with van der Waals surface area (Å²) in [5, 5.41) is 0. The zero-order chi connectivity index (χ0) is 17.6. The molecule has 3 nitrogen and oxygen atoms in total. The van der Waals surface area contributed by atoms with Gasteiger partial charge in [-0.15, -0.1) is 0 Å². The van der Waals surface area contributed by atoms with E-state index in [0.717, 1.165) is 11.5 Å². The maximum Gasteiger partial charge on any atom is 0.151 e. The number of hydrogen-bond acceptors (Lipinski definition) is 3. The Balaban J connectivity index is 1.86. The summed E-state index contributed by atoms with van der Waals surface area (Å²) in [6.07, 6.45) is 5.29. The van der Waals surface area contributed by atoms with Crippen molar-refractivity contribution in [2.24, 2.45) is 0 Å². The molecule has 0 spiro atoms. The van der Waals surface area contributed by atoms with Crippen LogP contribution in [0.25, 0.3) is 11.1 Å². The summed E-state index contributed by atoms with van der Waals surface area (Å²) in [4.78, 5) is 11.0. The summed E-state index contributed by atoms with van der Waals surface area (Å²) in [7, 11) is 0. The van der Waals surface area contributed by atoms with Gasteiger partial charge in [0.1, 0.15) is 0 Å². The zero-order valence-electron chi connectivity index (χ0n) is 15.2. The summed E-state index contributed by atoms with van der Waals surface area (Å²) in [6.45, 7) is 8.98. The fourth-order valence-corrected chi connectivity index (χ4v) is 3.95. The molecule has 0 bridgehead atoms. The van der Waals surface area contributed by atoms with Gasteiger partial charge in [0.2, 0.25) is 0 Å². The average molecular weight is 329 g/mol. The molecular weight excluding hydrogens is 306 g/mol. The van der Waals surface area contributed by atoms with Gasteiger partial charge in [-0.25, -0.2) is 4.98 Å². The summed E-state index contributed by atoms with van der Waals surface area (Å²) < 4.78 is 0. The predicted molar refractivity (Wildman–Crippen MR) is 103 cm³/mol. The highest BCUT2D eigenvalue weighted by molar-refractivity contribution is 5.83. The molecule has 0 amide bonds. The van der Waals surface area contributed by atoms with Crippen LogP contribution in [0.3, 0.4) is 0 Å². The van der Waals surface area contributed by atoms with E-state index in [0.29, 0.717) is 6.04 Å². The highest BCUT2D eigenvalue weighted by Crippen LogP contribution is 2.49. The minimum Gasteiger partial charge on any atom is -0.323 e. The lowest BCUT2D eigenvalue weighted by Gasteiger charge is -2.29. The first-order chi connectivity index (χ1) is 12.0. The molecule has 0 fully saturated rings. The third-order valence-corrected chi connectivity index (χ3v) is 5.16. The highest BCUT2D eigenvalue weighted by Gasteiger charge is 2.35. The molecule has 0 saturated heterocycles. The van der Waals surface area contributed by atoms with Crippen molar-refractivity contribution in [1.82, 2.24) is 9.97 Å². The second kappa shape index (κ2) is 5.69. The molecular formula is C22H23N3. The SMILES string of the molecule is CC(C)N(c1ccc2c(c1)C(C)(C)c1ccccc1-2)c1cnccn1. The van der Waals surface area contributed by atoms with Crippen LogP contribution in [-0.4, -0.2) is 16.0 Å². The molecule has 0 radical (unpaired) electrons. The van der Waals surface area contributed by atoms with Gasteiger partial charge in [-0.2, -0.15) is 0 Å². The summed E-state index contributed by atoms with van der Waals surface area (Å²) in [5.74, 6) is 0.880. The van der Waals surface area contributed by atoms with Crippen LogP contribution < -0.4 is 4.90 Å². The van der Waals surface area contributed by atoms with Crippen LogP contribution in [0.15, 0.2) is 61.1 Å². The van der Waals surface area contributed by atoms with E-state index in [1.165, 1.54) is 22.3 Å². The van der Waals surface area contributed by atoms with Gasteiger partial charge in [0.25, 0.3) is 0 Å². The van der Waals surface area contributed by atoms with Crippen molar-refractivity contribution in [3.8, 4) is 11.1 Å². The Labute approximate surface area is 149 Å². The van der Waals surface area contributed by atoms with Crippen LogP contribution >= 0.6 is 0 Å². The monoisotopic (exact) mass is 329 g/mol. The molecule has 1 aromatic heterocycles. The average Bonchev–Trinajstić information content (AvgIpc) is 2.84. The van der Waals surface area contributed by atoms with E-state index in [1.54, 1.807) is 12.4 Å². The molecule has 0 N–H and O–H groups in total. The van der Waals surface area contributed by atoms with Gasteiger partial charge >= 0.3 is 0 Å². The van der Waals surface area contributed by atoms with Crippen LogP contribution in [0.1, 0.15) is 38.8 Å². The molecule has 2 aromatic carbocycles. The second-order valence-corrected chi connectivity index (χ2v) is 7.43. The molecule has 0 atom stereocenters. The van der Waals surface area contributed by atoms with Crippen molar-refractivity contribution in [3.63, 3.8) is 0 Å². The molecule has 1 heterocycles. The lowest BCUT2D eigenvalue weighted by molar-refractivity contribution is 0.659. The summed E-state index contributed by atoms with van der Waals surface area (Å²) >= 11 is 0. The lowest BCUT2D eigenvalue weighted by Crippen LogP contribution is -2.27. The van der Waals surface area contributed by atoms with E-state index in [4.69, 9.17) is 0 Å².